The summed E-state index contributed by atoms with van der Waals surface area (Å²) in [7, 11) is 3.51. The van der Waals surface area contributed by atoms with Gasteiger partial charge in [0.2, 0.25) is 5.91 Å². The van der Waals surface area contributed by atoms with Gasteiger partial charge >= 0.3 is 0 Å². The smallest absolute Gasteiger partial charge is 0.222 e. The van der Waals surface area contributed by atoms with Crippen LogP contribution in [0.3, 0.4) is 0 Å². The maximum atomic E-state index is 11.3. The van der Waals surface area contributed by atoms with Crippen molar-refractivity contribution in [3.8, 4) is 0 Å². The molecule has 0 saturated carbocycles. The molecule has 0 atom stereocenters. The molecule has 0 aromatic rings. The van der Waals surface area contributed by atoms with Gasteiger partial charge in [0.05, 0.1) is 0 Å². The molecule has 0 aliphatic heterocycles. The summed E-state index contributed by atoms with van der Waals surface area (Å²) < 4.78 is 0. The normalized spacial score (nSPS) is 10.5. The maximum Gasteiger partial charge on any atom is 0.222 e. The summed E-state index contributed by atoms with van der Waals surface area (Å²) in [5.74, 6) is 0.912. The second kappa shape index (κ2) is 7.43. The Labute approximate surface area is 92.8 Å². The van der Waals surface area contributed by atoms with Gasteiger partial charge in [0, 0.05) is 33.4 Å². The molecule has 0 saturated heterocycles. The first-order valence-corrected chi connectivity index (χ1v) is 5.65. The van der Waals surface area contributed by atoms with Gasteiger partial charge in [0.1, 0.15) is 5.78 Å². The van der Waals surface area contributed by atoms with E-state index in [1.165, 1.54) is 0 Å². The van der Waals surface area contributed by atoms with Gasteiger partial charge < -0.3 is 4.90 Å². The first-order chi connectivity index (χ1) is 6.93. The topological polar surface area (TPSA) is 37.4 Å². The Balaban J connectivity index is 3.46. The Hall–Kier alpha value is -0.860. The Bertz CT molecular complexity index is 210. The van der Waals surface area contributed by atoms with Crippen molar-refractivity contribution >= 4 is 11.7 Å². The van der Waals surface area contributed by atoms with Crippen LogP contribution in [0, 0.1) is 5.92 Å². The van der Waals surface area contributed by atoms with Crippen molar-refractivity contribution in [3.05, 3.63) is 0 Å². The third-order valence-electron chi connectivity index (χ3n) is 2.23. The SMILES string of the molecule is CC(C)CC(=O)CCCCC(=O)N(C)C. The molecule has 3 heteroatoms. The Morgan fingerprint density at radius 2 is 1.60 bits per heavy atom. The molecule has 0 aromatic heterocycles. The standard InChI is InChI=1S/C12H23NO2/c1-10(2)9-11(14)7-5-6-8-12(15)13(3)4/h10H,5-9H2,1-4H3. The third kappa shape index (κ3) is 8.16. The molecule has 3 nitrogen and oxygen atoms in total. The predicted octanol–water partition coefficient (Wildman–Crippen LogP) is 2.25. The molecule has 0 aliphatic rings. The molecule has 0 bridgehead atoms. The van der Waals surface area contributed by atoms with Crippen molar-refractivity contribution in [2.45, 2.75) is 46.0 Å². The molecule has 0 spiro atoms. The number of unbranched alkanes of at least 4 members (excludes halogenated alkanes) is 1. The van der Waals surface area contributed by atoms with Gasteiger partial charge in [0.25, 0.3) is 0 Å². The lowest BCUT2D eigenvalue weighted by atomic mass is 10.0. The Morgan fingerprint density at radius 3 is 2.07 bits per heavy atom. The number of Topliss-reactive ketones (excluding diaryl/α,β-unsaturated/α-hetero) is 1. The lowest BCUT2D eigenvalue weighted by molar-refractivity contribution is -0.129. The van der Waals surface area contributed by atoms with Crippen LogP contribution in [0.4, 0.5) is 0 Å². The van der Waals surface area contributed by atoms with Crippen molar-refractivity contribution in [2.24, 2.45) is 5.92 Å². The van der Waals surface area contributed by atoms with E-state index >= 15 is 0 Å². The molecule has 88 valence electrons. The molecule has 0 heterocycles. The summed E-state index contributed by atoms with van der Waals surface area (Å²) in [6.45, 7) is 4.10. The highest BCUT2D eigenvalue weighted by molar-refractivity contribution is 5.78. The highest BCUT2D eigenvalue weighted by Gasteiger charge is 2.06. The number of hydrogen-bond donors (Lipinski definition) is 0. The van der Waals surface area contributed by atoms with Crippen LogP contribution in [0.1, 0.15) is 46.0 Å². The fourth-order valence-electron chi connectivity index (χ4n) is 1.38. The zero-order chi connectivity index (χ0) is 11.8. The van der Waals surface area contributed by atoms with Crippen molar-refractivity contribution in [1.82, 2.24) is 4.90 Å². The molecule has 0 rings (SSSR count). The number of carbonyl (C=O) groups excluding carboxylic acids is 2. The number of nitrogens with zero attached hydrogens (tertiary/aromatic N) is 1. The van der Waals surface area contributed by atoms with Gasteiger partial charge in [-0.3, -0.25) is 9.59 Å². The first kappa shape index (κ1) is 14.1. The fourth-order valence-corrected chi connectivity index (χ4v) is 1.38. The number of ketones is 1. The summed E-state index contributed by atoms with van der Waals surface area (Å²) in [4.78, 5) is 24.1. The average Bonchev–Trinajstić information content (AvgIpc) is 2.10. The molecule has 0 unspecified atom stereocenters. The van der Waals surface area contributed by atoms with Crippen LogP contribution in [-0.4, -0.2) is 30.7 Å². The highest BCUT2D eigenvalue weighted by Crippen LogP contribution is 2.07. The van der Waals surface area contributed by atoms with Crippen molar-refractivity contribution in [3.63, 3.8) is 0 Å². The maximum absolute atomic E-state index is 11.3. The van der Waals surface area contributed by atoms with Gasteiger partial charge in [-0.2, -0.15) is 0 Å². The second-order valence-corrected chi connectivity index (χ2v) is 4.63. The highest BCUT2D eigenvalue weighted by atomic mass is 16.2. The zero-order valence-corrected chi connectivity index (χ0v) is 10.4. The third-order valence-corrected chi connectivity index (χ3v) is 2.23. The molecule has 15 heavy (non-hydrogen) atoms. The molecule has 0 aromatic carbocycles. The van der Waals surface area contributed by atoms with E-state index in [0.29, 0.717) is 31.0 Å². The zero-order valence-electron chi connectivity index (χ0n) is 10.4. The van der Waals surface area contributed by atoms with Crippen LogP contribution in [0.2, 0.25) is 0 Å². The number of hydrogen-bond acceptors (Lipinski definition) is 2. The van der Waals surface area contributed by atoms with E-state index in [0.717, 1.165) is 12.8 Å². The minimum absolute atomic E-state index is 0.145. The summed E-state index contributed by atoms with van der Waals surface area (Å²) in [6, 6.07) is 0. The van der Waals surface area contributed by atoms with Crippen LogP contribution in [-0.2, 0) is 9.59 Å². The van der Waals surface area contributed by atoms with Gasteiger partial charge in [-0.15, -0.1) is 0 Å². The van der Waals surface area contributed by atoms with E-state index in [9.17, 15) is 9.59 Å². The minimum atomic E-state index is 0.145. The van der Waals surface area contributed by atoms with Crippen LogP contribution in [0.15, 0.2) is 0 Å². The van der Waals surface area contributed by atoms with Crippen LogP contribution in [0.25, 0.3) is 0 Å². The van der Waals surface area contributed by atoms with E-state index in [-0.39, 0.29) is 5.91 Å². The van der Waals surface area contributed by atoms with Crippen LogP contribution in [0.5, 0.6) is 0 Å². The summed E-state index contributed by atoms with van der Waals surface area (Å²) >= 11 is 0. The monoisotopic (exact) mass is 213 g/mol. The molecule has 1 amide bonds. The van der Waals surface area contributed by atoms with Crippen molar-refractivity contribution in [1.29, 1.82) is 0 Å². The van der Waals surface area contributed by atoms with E-state index < -0.39 is 0 Å². The number of rotatable bonds is 7. The average molecular weight is 213 g/mol. The predicted molar refractivity (Wildman–Crippen MR) is 61.6 cm³/mol. The largest absolute Gasteiger partial charge is 0.349 e. The van der Waals surface area contributed by atoms with Gasteiger partial charge in [-0.25, -0.2) is 0 Å². The lowest BCUT2D eigenvalue weighted by Gasteiger charge is -2.09. The molecule has 0 N–H and O–H groups in total. The first-order valence-electron chi connectivity index (χ1n) is 5.65. The molecule has 0 fully saturated rings. The molecular formula is C12H23NO2. The summed E-state index contributed by atoms with van der Waals surface area (Å²) in [5.41, 5.74) is 0. The van der Waals surface area contributed by atoms with E-state index in [2.05, 4.69) is 0 Å². The molecular weight excluding hydrogens is 190 g/mol. The van der Waals surface area contributed by atoms with E-state index in [4.69, 9.17) is 0 Å². The molecule has 0 aliphatic carbocycles. The number of carbonyl (C=O) groups is 2. The van der Waals surface area contributed by atoms with Crippen LogP contribution < -0.4 is 0 Å². The Kier molecular flexibility index (Phi) is 7.01. The van der Waals surface area contributed by atoms with Crippen molar-refractivity contribution in [2.75, 3.05) is 14.1 Å². The minimum Gasteiger partial charge on any atom is -0.349 e. The van der Waals surface area contributed by atoms with Crippen molar-refractivity contribution < 1.29 is 9.59 Å². The summed E-state index contributed by atoms with van der Waals surface area (Å²) in [5, 5.41) is 0. The second-order valence-electron chi connectivity index (χ2n) is 4.63. The lowest BCUT2D eigenvalue weighted by Crippen LogP contribution is -2.21. The van der Waals surface area contributed by atoms with E-state index in [1.807, 2.05) is 13.8 Å². The quantitative estimate of drug-likeness (QED) is 0.608. The Morgan fingerprint density at radius 1 is 1.07 bits per heavy atom. The fraction of sp³-hybridized carbons (Fsp3) is 0.833. The number of amides is 1. The molecule has 0 radical (unpaired) electrons. The van der Waals surface area contributed by atoms with Gasteiger partial charge in [0.15, 0.2) is 0 Å². The van der Waals surface area contributed by atoms with Crippen LogP contribution >= 0.6 is 0 Å². The summed E-state index contributed by atoms with van der Waals surface area (Å²) in [6.07, 6.45) is 3.51. The van der Waals surface area contributed by atoms with Gasteiger partial charge in [-0.1, -0.05) is 13.8 Å². The van der Waals surface area contributed by atoms with Gasteiger partial charge in [-0.05, 0) is 18.8 Å². The van der Waals surface area contributed by atoms with E-state index in [1.54, 1.807) is 19.0 Å².